The normalized spacial score (nSPS) is 15.8. The molecule has 138 valence electrons. The van der Waals surface area contributed by atoms with E-state index in [1.807, 2.05) is 54.6 Å². The topological polar surface area (TPSA) is 47.6 Å². The number of allylic oxidation sites excluding steroid dienone is 1. The van der Waals surface area contributed by atoms with Crippen LogP contribution in [-0.4, -0.2) is 19.1 Å². The first-order valence-electron chi connectivity index (χ1n) is 9.36. The minimum atomic E-state index is -0.0207. The van der Waals surface area contributed by atoms with Gasteiger partial charge in [0, 0.05) is 29.4 Å². The van der Waals surface area contributed by atoms with Gasteiger partial charge in [0.05, 0.1) is 0 Å². The molecule has 0 amide bonds. The van der Waals surface area contributed by atoms with Gasteiger partial charge in [0.25, 0.3) is 0 Å². The van der Waals surface area contributed by atoms with Gasteiger partial charge in [-0.3, -0.25) is 4.79 Å². The van der Waals surface area contributed by atoms with Crippen LogP contribution in [0.5, 0.6) is 11.5 Å². The van der Waals surface area contributed by atoms with Gasteiger partial charge in [-0.15, -0.1) is 0 Å². The van der Waals surface area contributed by atoms with Gasteiger partial charge in [0.2, 0.25) is 6.79 Å². The number of ketones is 1. The molecule has 4 heteroatoms. The third kappa shape index (κ3) is 3.03. The van der Waals surface area contributed by atoms with Gasteiger partial charge in [-0.05, 0) is 35.2 Å². The van der Waals surface area contributed by atoms with E-state index in [9.17, 15) is 4.79 Å². The molecule has 1 N–H and O–H groups in total. The smallest absolute Gasteiger partial charge is 0.231 e. The molecule has 0 aromatic heterocycles. The first kappa shape index (κ1) is 16.6. The number of nitrogens with one attached hydrogen (secondary N) is 1. The van der Waals surface area contributed by atoms with Crippen molar-refractivity contribution in [1.82, 2.24) is 5.32 Å². The lowest BCUT2D eigenvalue weighted by Crippen LogP contribution is -2.23. The Bertz CT molecular complexity index is 1070. The molecule has 0 atom stereocenters. The molecule has 0 bridgehead atoms. The number of carbonyl (C=O) groups is 1. The van der Waals surface area contributed by atoms with Gasteiger partial charge in [0.15, 0.2) is 17.3 Å². The number of ether oxygens (including phenoxy) is 2. The van der Waals surface area contributed by atoms with Crippen LogP contribution in [-0.2, 0) is 6.42 Å². The summed E-state index contributed by atoms with van der Waals surface area (Å²) in [5.74, 6) is 1.49. The number of fused-ring (bicyclic) bond motifs is 2. The molecule has 0 spiro atoms. The summed E-state index contributed by atoms with van der Waals surface area (Å²) < 4.78 is 11.0. The van der Waals surface area contributed by atoms with Crippen LogP contribution >= 0.6 is 0 Å². The van der Waals surface area contributed by atoms with E-state index in [0.717, 1.165) is 46.9 Å². The van der Waals surface area contributed by atoms with Crippen LogP contribution in [0.4, 0.5) is 0 Å². The standard InChI is InChI=1S/C24H19NO3/c26-22(18-8-6-17(7-9-18)16-4-2-1-3-5-16)14-21-20-13-24-23(27-15-28-24)12-19(20)10-11-25-21/h1-9,12-14,25H,10-11,15H2/b21-14-. The fraction of sp³-hybridized carbons (Fsp3) is 0.125. The Morgan fingerprint density at radius 1 is 0.893 bits per heavy atom. The van der Waals surface area contributed by atoms with Crippen molar-refractivity contribution in [2.24, 2.45) is 0 Å². The summed E-state index contributed by atoms with van der Waals surface area (Å²) in [7, 11) is 0. The molecule has 2 heterocycles. The second kappa shape index (κ2) is 6.89. The Balaban J connectivity index is 1.43. The quantitative estimate of drug-likeness (QED) is 0.547. The summed E-state index contributed by atoms with van der Waals surface area (Å²) in [5.41, 5.74) is 5.90. The zero-order valence-electron chi connectivity index (χ0n) is 15.3. The Kier molecular flexibility index (Phi) is 4.09. The van der Waals surface area contributed by atoms with Gasteiger partial charge in [-0.25, -0.2) is 0 Å². The van der Waals surface area contributed by atoms with Gasteiger partial charge < -0.3 is 14.8 Å². The summed E-state index contributed by atoms with van der Waals surface area (Å²) in [6.07, 6.45) is 2.57. The van der Waals surface area contributed by atoms with E-state index in [-0.39, 0.29) is 12.6 Å². The minimum absolute atomic E-state index is 0.0207. The van der Waals surface area contributed by atoms with E-state index in [4.69, 9.17) is 9.47 Å². The fourth-order valence-electron chi connectivity index (χ4n) is 3.67. The highest BCUT2D eigenvalue weighted by Gasteiger charge is 2.22. The molecule has 0 unspecified atom stereocenters. The van der Waals surface area contributed by atoms with Gasteiger partial charge in [-0.2, -0.15) is 0 Å². The Labute approximate surface area is 163 Å². The average molecular weight is 369 g/mol. The zero-order valence-corrected chi connectivity index (χ0v) is 15.3. The predicted molar refractivity (Wildman–Crippen MR) is 108 cm³/mol. The molecule has 2 aliphatic heterocycles. The molecule has 2 aliphatic rings. The van der Waals surface area contributed by atoms with Crippen LogP contribution in [0.15, 0.2) is 72.8 Å². The minimum Gasteiger partial charge on any atom is -0.454 e. The van der Waals surface area contributed by atoms with Crippen LogP contribution in [0.3, 0.4) is 0 Å². The first-order chi connectivity index (χ1) is 13.8. The molecule has 0 aliphatic carbocycles. The Morgan fingerprint density at radius 3 is 2.39 bits per heavy atom. The monoisotopic (exact) mass is 369 g/mol. The zero-order chi connectivity index (χ0) is 18.9. The lowest BCUT2D eigenvalue weighted by atomic mass is 9.95. The molecule has 28 heavy (non-hydrogen) atoms. The molecule has 0 saturated carbocycles. The van der Waals surface area contributed by atoms with Crippen molar-refractivity contribution >= 4 is 11.5 Å². The molecule has 3 aromatic carbocycles. The van der Waals surface area contributed by atoms with Crippen molar-refractivity contribution in [3.63, 3.8) is 0 Å². The summed E-state index contributed by atoms with van der Waals surface area (Å²) in [6.45, 7) is 1.04. The highest BCUT2D eigenvalue weighted by atomic mass is 16.7. The molecular formula is C24H19NO3. The Morgan fingerprint density at radius 2 is 1.61 bits per heavy atom. The number of rotatable bonds is 3. The van der Waals surface area contributed by atoms with Gasteiger partial charge in [-0.1, -0.05) is 54.6 Å². The summed E-state index contributed by atoms with van der Waals surface area (Å²) in [4.78, 5) is 12.8. The molecular weight excluding hydrogens is 350 g/mol. The van der Waals surface area contributed by atoms with Crippen molar-refractivity contribution in [3.8, 4) is 22.6 Å². The lowest BCUT2D eigenvalue weighted by molar-refractivity contribution is 0.104. The van der Waals surface area contributed by atoms with Gasteiger partial charge in [0.1, 0.15) is 0 Å². The van der Waals surface area contributed by atoms with Crippen LogP contribution in [0, 0.1) is 0 Å². The predicted octanol–water partition coefficient (Wildman–Crippen LogP) is 4.45. The van der Waals surface area contributed by atoms with Crippen LogP contribution in [0.2, 0.25) is 0 Å². The van der Waals surface area contributed by atoms with Crippen molar-refractivity contribution in [2.75, 3.05) is 13.3 Å². The van der Waals surface area contributed by atoms with Crippen LogP contribution in [0.1, 0.15) is 21.5 Å². The van der Waals surface area contributed by atoms with E-state index in [1.165, 1.54) is 5.56 Å². The maximum absolute atomic E-state index is 12.8. The van der Waals surface area contributed by atoms with E-state index in [1.54, 1.807) is 6.08 Å². The fourth-order valence-corrected chi connectivity index (χ4v) is 3.67. The molecule has 0 fully saturated rings. The number of carbonyl (C=O) groups excluding carboxylic acids is 1. The maximum atomic E-state index is 12.8. The van der Waals surface area contributed by atoms with Crippen molar-refractivity contribution < 1.29 is 14.3 Å². The summed E-state index contributed by atoms with van der Waals surface area (Å²) in [5, 5.41) is 3.35. The van der Waals surface area contributed by atoms with E-state index >= 15 is 0 Å². The van der Waals surface area contributed by atoms with E-state index < -0.39 is 0 Å². The summed E-state index contributed by atoms with van der Waals surface area (Å²) in [6, 6.07) is 21.9. The number of benzene rings is 3. The van der Waals surface area contributed by atoms with Crippen LogP contribution < -0.4 is 14.8 Å². The van der Waals surface area contributed by atoms with Crippen LogP contribution in [0.25, 0.3) is 16.8 Å². The third-order valence-electron chi connectivity index (χ3n) is 5.15. The third-order valence-corrected chi connectivity index (χ3v) is 5.15. The van der Waals surface area contributed by atoms with Crippen molar-refractivity contribution in [3.05, 3.63) is 89.5 Å². The lowest BCUT2D eigenvalue weighted by Gasteiger charge is -2.21. The number of hydrogen-bond acceptors (Lipinski definition) is 4. The highest BCUT2D eigenvalue weighted by molar-refractivity contribution is 6.08. The van der Waals surface area contributed by atoms with E-state index in [2.05, 4.69) is 17.4 Å². The molecule has 0 radical (unpaired) electrons. The Hall–Kier alpha value is -3.53. The first-order valence-corrected chi connectivity index (χ1v) is 9.36. The van der Waals surface area contributed by atoms with Crippen molar-refractivity contribution in [2.45, 2.75) is 6.42 Å². The van der Waals surface area contributed by atoms with Gasteiger partial charge >= 0.3 is 0 Å². The highest BCUT2D eigenvalue weighted by Crippen LogP contribution is 2.38. The van der Waals surface area contributed by atoms with E-state index in [0.29, 0.717) is 5.56 Å². The second-order valence-electron chi connectivity index (χ2n) is 6.91. The maximum Gasteiger partial charge on any atom is 0.231 e. The summed E-state index contributed by atoms with van der Waals surface area (Å²) >= 11 is 0. The second-order valence-corrected chi connectivity index (χ2v) is 6.91. The molecule has 5 rings (SSSR count). The average Bonchev–Trinajstić information content (AvgIpc) is 3.21. The van der Waals surface area contributed by atoms with Crippen molar-refractivity contribution in [1.29, 1.82) is 0 Å². The largest absolute Gasteiger partial charge is 0.454 e. The molecule has 4 nitrogen and oxygen atoms in total. The molecule has 0 saturated heterocycles. The molecule has 3 aromatic rings. The number of hydrogen-bond donors (Lipinski definition) is 1. The SMILES string of the molecule is O=C(/C=C1\NCCc2cc3c(cc21)OCO3)c1ccc(-c2ccccc2)cc1.